The first-order valence-electron chi connectivity index (χ1n) is 4.32. The molecule has 2 atom stereocenters. The molecule has 0 heterocycles. The van der Waals surface area contributed by atoms with E-state index in [0.717, 1.165) is 25.5 Å². The number of carbonyl (C=O) groups is 2. The predicted molar refractivity (Wildman–Crippen MR) is 41.3 cm³/mol. The lowest BCUT2D eigenvalue weighted by Crippen LogP contribution is -2.24. The van der Waals surface area contributed by atoms with Gasteiger partial charge in [-0.25, -0.2) is 0 Å². The molecule has 3 nitrogen and oxygen atoms in total. The molecule has 0 N–H and O–H groups in total. The zero-order valence-corrected chi connectivity index (χ0v) is 7.08. The van der Waals surface area contributed by atoms with E-state index in [0.29, 0.717) is 11.8 Å². The highest BCUT2D eigenvalue weighted by Gasteiger charge is 2.71. The van der Waals surface area contributed by atoms with E-state index in [4.69, 9.17) is 0 Å². The van der Waals surface area contributed by atoms with Crippen LogP contribution in [0.3, 0.4) is 0 Å². The minimum Gasteiger partial charge on any atom is -0.468 e. The van der Waals surface area contributed by atoms with Gasteiger partial charge in [0, 0.05) is 0 Å². The van der Waals surface area contributed by atoms with Gasteiger partial charge in [0.1, 0.15) is 11.7 Å². The number of ether oxygens (including phenoxy) is 1. The summed E-state index contributed by atoms with van der Waals surface area (Å²) >= 11 is 0. The molecule has 0 amide bonds. The molecular weight excluding hydrogens is 156 g/mol. The van der Waals surface area contributed by atoms with Crippen LogP contribution in [0.4, 0.5) is 0 Å². The van der Waals surface area contributed by atoms with Gasteiger partial charge in [-0.3, -0.25) is 4.79 Å². The summed E-state index contributed by atoms with van der Waals surface area (Å²) in [5, 5.41) is 0. The Morgan fingerprint density at radius 2 is 2.08 bits per heavy atom. The molecule has 2 saturated carbocycles. The van der Waals surface area contributed by atoms with Crippen LogP contribution in [0, 0.1) is 17.3 Å². The Kier molecular flexibility index (Phi) is 1.50. The summed E-state index contributed by atoms with van der Waals surface area (Å²) in [6.07, 6.45) is 3.98. The molecule has 12 heavy (non-hydrogen) atoms. The summed E-state index contributed by atoms with van der Waals surface area (Å²) in [4.78, 5) is 22.1. The van der Waals surface area contributed by atoms with Gasteiger partial charge in [-0.2, -0.15) is 0 Å². The summed E-state index contributed by atoms with van der Waals surface area (Å²) < 4.78 is 4.63. The lowest BCUT2D eigenvalue weighted by atomic mass is 9.98. The molecule has 3 heteroatoms. The van der Waals surface area contributed by atoms with E-state index in [1.54, 1.807) is 0 Å². The van der Waals surface area contributed by atoms with Crippen molar-refractivity contribution in [3.05, 3.63) is 0 Å². The van der Waals surface area contributed by atoms with Gasteiger partial charge in [0.2, 0.25) is 0 Å². The molecule has 0 saturated heterocycles. The summed E-state index contributed by atoms with van der Waals surface area (Å²) in [5.41, 5.74) is -0.729. The first-order valence-corrected chi connectivity index (χ1v) is 4.32. The van der Waals surface area contributed by atoms with Gasteiger partial charge in [-0.1, -0.05) is 6.42 Å². The highest BCUT2D eigenvalue weighted by molar-refractivity contribution is 5.98. The standard InChI is InChI=1S/C9H12O3/c1-12-8(11)9(5-10)6-3-2-4-7(6)9/h5-7H,2-4H2,1H3. The van der Waals surface area contributed by atoms with Crippen molar-refractivity contribution in [3.63, 3.8) is 0 Å². The van der Waals surface area contributed by atoms with Crippen molar-refractivity contribution in [3.8, 4) is 0 Å². The molecule has 66 valence electrons. The van der Waals surface area contributed by atoms with Gasteiger partial charge in [-0.05, 0) is 24.7 Å². The summed E-state index contributed by atoms with van der Waals surface area (Å²) in [5.74, 6) is 0.261. The number of carbonyl (C=O) groups excluding carboxylic acids is 2. The Labute approximate surface area is 71.1 Å². The SMILES string of the molecule is COC(=O)C1(C=O)C2CCCC21. The molecule has 0 spiro atoms. The lowest BCUT2D eigenvalue weighted by molar-refractivity contribution is -0.150. The van der Waals surface area contributed by atoms with E-state index < -0.39 is 5.41 Å². The summed E-state index contributed by atoms with van der Waals surface area (Å²) in [6, 6.07) is 0. The van der Waals surface area contributed by atoms with Crippen molar-refractivity contribution in [1.29, 1.82) is 0 Å². The maximum absolute atomic E-state index is 11.3. The Balaban J connectivity index is 2.19. The van der Waals surface area contributed by atoms with Crippen LogP contribution < -0.4 is 0 Å². The maximum atomic E-state index is 11.3. The molecule has 2 aliphatic rings. The third-order valence-corrected chi connectivity index (χ3v) is 3.37. The van der Waals surface area contributed by atoms with E-state index in [2.05, 4.69) is 4.74 Å². The minimum atomic E-state index is -0.729. The Hall–Kier alpha value is -0.860. The highest BCUT2D eigenvalue weighted by atomic mass is 16.5. The second-order valence-corrected chi connectivity index (χ2v) is 3.69. The first-order chi connectivity index (χ1) is 5.77. The number of hydrogen-bond donors (Lipinski definition) is 0. The fraction of sp³-hybridized carbons (Fsp3) is 0.778. The second kappa shape index (κ2) is 2.31. The van der Waals surface area contributed by atoms with Crippen LogP contribution in [-0.2, 0) is 14.3 Å². The van der Waals surface area contributed by atoms with E-state index in [-0.39, 0.29) is 5.97 Å². The van der Waals surface area contributed by atoms with Crippen LogP contribution in [0.5, 0.6) is 0 Å². The number of aldehydes is 1. The molecule has 0 aromatic heterocycles. The smallest absolute Gasteiger partial charge is 0.319 e. The Bertz CT molecular complexity index is 224. The van der Waals surface area contributed by atoms with Crippen LogP contribution >= 0.6 is 0 Å². The number of fused-ring (bicyclic) bond motifs is 1. The highest BCUT2D eigenvalue weighted by Crippen LogP contribution is 2.66. The molecule has 2 rings (SSSR count). The van der Waals surface area contributed by atoms with Crippen molar-refractivity contribution >= 4 is 12.3 Å². The van der Waals surface area contributed by atoms with Crippen molar-refractivity contribution in [2.24, 2.45) is 17.3 Å². The Morgan fingerprint density at radius 3 is 2.50 bits per heavy atom. The molecular formula is C9H12O3. The average molecular weight is 168 g/mol. The van der Waals surface area contributed by atoms with Gasteiger partial charge >= 0.3 is 5.97 Å². The van der Waals surface area contributed by atoms with E-state index >= 15 is 0 Å². The van der Waals surface area contributed by atoms with Gasteiger partial charge in [0.25, 0.3) is 0 Å². The van der Waals surface area contributed by atoms with Gasteiger partial charge in [0.05, 0.1) is 7.11 Å². The van der Waals surface area contributed by atoms with Crippen molar-refractivity contribution in [2.45, 2.75) is 19.3 Å². The second-order valence-electron chi connectivity index (χ2n) is 3.69. The van der Waals surface area contributed by atoms with Crippen molar-refractivity contribution < 1.29 is 14.3 Å². The van der Waals surface area contributed by atoms with Crippen LogP contribution in [0.1, 0.15) is 19.3 Å². The molecule has 0 aliphatic heterocycles. The molecule has 0 aromatic rings. The zero-order chi connectivity index (χ0) is 8.77. The van der Waals surface area contributed by atoms with E-state index in [1.165, 1.54) is 7.11 Å². The molecule has 2 aliphatic carbocycles. The third kappa shape index (κ3) is 0.667. The van der Waals surface area contributed by atoms with E-state index in [1.807, 2.05) is 0 Å². The fourth-order valence-corrected chi connectivity index (χ4v) is 2.70. The average Bonchev–Trinajstić information content (AvgIpc) is 2.48. The number of hydrogen-bond acceptors (Lipinski definition) is 3. The minimum absolute atomic E-state index is 0.294. The largest absolute Gasteiger partial charge is 0.468 e. The first kappa shape index (κ1) is 7.77. The molecule has 0 radical (unpaired) electrons. The number of esters is 1. The number of methoxy groups -OCH3 is 1. The van der Waals surface area contributed by atoms with Crippen molar-refractivity contribution in [2.75, 3.05) is 7.11 Å². The van der Waals surface area contributed by atoms with Crippen LogP contribution in [0.15, 0.2) is 0 Å². The predicted octanol–water partition coefficient (Wildman–Crippen LogP) is 0.775. The van der Waals surface area contributed by atoms with Gasteiger partial charge in [-0.15, -0.1) is 0 Å². The monoisotopic (exact) mass is 168 g/mol. The molecule has 2 unspecified atom stereocenters. The molecule has 0 aromatic carbocycles. The maximum Gasteiger partial charge on any atom is 0.319 e. The quantitative estimate of drug-likeness (QED) is 0.347. The molecule has 0 bridgehead atoms. The zero-order valence-electron chi connectivity index (χ0n) is 7.08. The fourth-order valence-electron chi connectivity index (χ4n) is 2.70. The van der Waals surface area contributed by atoms with E-state index in [9.17, 15) is 9.59 Å². The Morgan fingerprint density at radius 1 is 1.50 bits per heavy atom. The normalized spacial score (nSPS) is 43.4. The van der Waals surface area contributed by atoms with Crippen molar-refractivity contribution in [1.82, 2.24) is 0 Å². The summed E-state index contributed by atoms with van der Waals surface area (Å²) in [6.45, 7) is 0. The summed E-state index contributed by atoms with van der Waals surface area (Å²) in [7, 11) is 1.35. The topological polar surface area (TPSA) is 43.4 Å². The van der Waals surface area contributed by atoms with Crippen LogP contribution in [-0.4, -0.2) is 19.4 Å². The lowest BCUT2D eigenvalue weighted by Gasteiger charge is -2.09. The third-order valence-electron chi connectivity index (χ3n) is 3.37. The van der Waals surface area contributed by atoms with Gasteiger partial charge in [0.15, 0.2) is 0 Å². The van der Waals surface area contributed by atoms with Crippen LogP contribution in [0.2, 0.25) is 0 Å². The van der Waals surface area contributed by atoms with Gasteiger partial charge < -0.3 is 9.53 Å². The number of rotatable bonds is 2. The van der Waals surface area contributed by atoms with Crippen LogP contribution in [0.25, 0.3) is 0 Å². The molecule has 2 fully saturated rings.